The second kappa shape index (κ2) is 7.48. The number of nitrogens with zero attached hydrogens (tertiary/aromatic N) is 1. The van der Waals surface area contributed by atoms with Gasteiger partial charge in [-0.1, -0.05) is 44.2 Å². The van der Waals surface area contributed by atoms with Crippen LogP contribution in [0, 0.1) is 28.6 Å². The smallest absolute Gasteiger partial charge is 0.264 e. The lowest BCUT2D eigenvalue weighted by Gasteiger charge is -2.47. The van der Waals surface area contributed by atoms with Crippen molar-refractivity contribution in [2.75, 3.05) is 20.0 Å². The van der Waals surface area contributed by atoms with E-state index in [1.807, 2.05) is 30.3 Å². The number of sulfonamides is 1. The molecule has 7 heteroatoms. The first-order valence-corrected chi connectivity index (χ1v) is 15.9. The van der Waals surface area contributed by atoms with Crippen LogP contribution in [0.4, 0.5) is 0 Å². The molecule has 7 atom stereocenters. The Morgan fingerprint density at radius 2 is 1.56 bits per heavy atom. The second-order valence-corrected chi connectivity index (χ2v) is 15.1. The maximum Gasteiger partial charge on any atom is 0.264 e. The molecule has 6 nitrogen and oxygen atoms in total. The van der Waals surface area contributed by atoms with Crippen LogP contribution in [0.3, 0.4) is 0 Å². The molecule has 2 aromatic carbocycles. The lowest BCUT2D eigenvalue weighted by atomic mass is 9.58. The van der Waals surface area contributed by atoms with Crippen LogP contribution in [0.1, 0.15) is 68.1 Å². The summed E-state index contributed by atoms with van der Waals surface area (Å²) in [4.78, 5) is 14.7. The fourth-order valence-corrected chi connectivity index (χ4v) is 12.8. The molecule has 5 aliphatic carbocycles. The molecule has 2 aromatic rings. The number of carbonyl (C=O) groups excluding carboxylic acids is 1. The second-order valence-electron chi connectivity index (χ2n) is 13.2. The van der Waals surface area contributed by atoms with Gasteiger partial charge in [0.05, 0.1) is 26.0 Å². The first kappa shape index (κ1) is 24.0. The number of methoxy groups -OCH3 is 2. The number of hydrogen-bond acceptors (Lipinski definition) is 5. The third-order valence-corrected chi connectivity index (χ3v) is 13.9. The number of carbonyl (C=O) groups is 1. The molecule has 3 saturated carbocycles. The van der Waals surface area contributed by atoms with Crippen molar-refractivity contribution in [3.63, 3.8) is 0 Å². The summed E-state index contributed by atoms with van der Waals surface area (Å²) in [5.74, 6) is 2.49. The maximum absolute atomic E-state index is 14.7. The van der Waals surface area contributed by atoms with E-state index in [1.54, 1.807) is 14.2 Å². The van der Waals surface area contributed by atoms with E-state index in [1.165, 1.54) is 9.87 Å². The van der Waals surface area contributed by atoms with Crippen LogP contribution < -0.4 is 9.47 Å². The molecule has 1 heterocycles. The lowest BCUT2D eigenvalue weighted by Crippen LogP contribution is -2.48. The Labute approximate surface area is 230 Å². The van der Waals surface area contributed by atoms with Gasteiger partial charge in [-0.15, -0.1) is 0 Å². The Morgan fingerprint density at radius 3 is 2.18 bits per heavy atom. The van der Waals surface area contributed by atoms with E-state index in [-0.39, 0.29) is 52.2 Å². The molecule has 1 aliphatic heterocycles. The van der Waals surface area contributed by atoms with Crippen LogP contribution in [0.5, 0.6) is 11.5 Å². The third-order valence-electron chi connectivity index (χ3n) is 12.0. The number of allylic oxidation sites excluding steroid dienone is 1. The molecule has 4 bridgehead atoms. The van der Waals surface area contributed by atoms with Crippen LogP contribution in [0.15, 0.2) is 48.0 Å². The number of rotatable bonds is 4. The monoisotopic (exact) mass is 545 g/mol. The fraction of sp³-hybridized carbons (Fsp3) is 0.531. The van der Waals surface area contributed by atoms with Gasteiger partial charge in [-0.25, -0.2) is 12.7 Å². The Bertz CT molecular complexity index is 1580. The molecule has 6 aliphatic rings. The number of ether oxygens (including phenoxy) is 2. The number of benzene rings is 2. The fourth-order valence-electron chi connectivity index (χ4n) is 10.3. The van der Waals surface area contributed by atoms with Crippen molar-refractivity contribution in [3.05, 3.63) is 64.7 Å². The Kier molecular flexibility index (Phi) is 4.61. The summed E-state index contributed by atoms with van der Waals surface area (Å²) < 4.78 is 40.7. The number of hydrogen-bond donors (Lipinski definition) is 0. The highest BCUT2D eigenvalue weighted by Gasteiger charge is 2.73. The molecule has 1 amide bonds. The number of fused-ring (bicyclic) bond motifs is 9. The minimum absolute atomic E-state index is 0.00966. The SMILES string of the molecule is COc1ccc(OC)c2c1[C@H]1C[C@@H]2[C@@H]2C(c3ccccc3)=C(C(=O)N3[C@@H]4C[C@H]5CC[C@]4(CS3(=O)=O)C5(C)C)[C@@H]21. The molecule has 204 valence electrons. The zero-order valence-electron chi connectivity index (χ0n) is 22.9. The predicted molar refractivity (Wildman–Crippen MR) is 148 cm³/mol. The maximum atomic E-state index is 14.7. The van der Waals surface area contributed by atoms with Gasteiger partial charge >= 0.3 is 0 Å². The van der Waals surface area contributed by atoms with Gasteiger partial charge in [-0.05, 0) is 78.0 Å². The summed E-state index contributed by atoms with van der Waals surface area (Å²) in [6.07, 6.45) is 3.67. The van der Waals surface area contributed by atoms with Crippen molar-refractivity contribution in [1.29, 1.82) is 0 Å². The molecule has 1 saturated heterocycles. The molecule has 0 unspecified atom stereocenters. The molecule has 39 heavy (non-hydrogen) atoms. The van der Waals surface area contributed by atoms with E-state index in [0.717, 1.165) is 59.5 Å². The Morgan fingerprint density at radius 1 is 0.923 bits per heavy atom. The van der Waals surface area contributed by atoms with Gasteiger partial charge in [0.1, 0.15) is 11.5 Å². The molecule has 8 rings (SSSR count). The topological polar surface area (TPSA) is 72.9 Å². The minimum Gasteiger partial charge on any atom is -0.496 e. The van der Waals surface area contributed by atoms with Crippen LogP contribution >= 0.6 is 0 Å². The molecule has 0 aromatic heterocycles. The van der Waals surface area contributed by atoms with Crippen molar-refractivity contribution in [2.24, 2.45) is 28.6 Å². The van der Waals surface area contributed by atoms with Crippen LogP contribution in [0.2, 0.25) is 0 Å². The van der Waals surface area contributed by atoms with E-state index < -0.39 is 10.0 Å². The van der Waals surface area contributed by atoms with E-state index in [9.17, 15) is 13.2 Å². The first-order valence-electron chi connectivity index (χ1n) is 14.3. The third kappa shape index (κ3) is 2.64. The van der Waals surface area contributed by atoms with Gasteiger partial charge in [-0.3, -0.25) is 4.79 Å². The van der Waals surface area contributed by atoms with Crippen molar-refractivity contribution in [3.8, 4) is 11.5 Å². The molecule has 4 fully saturated rings. The van der Waals surface area contributed by atoms with Crippen LogP contribution in [-0.4, -0.2) is 44.6 Å². The summed E-state index contributed by atoms with van der Waals surface area (Å²) in [7, 11) is -0.308. The largest absolute Gasteiger partial charge is 0.496 e. The predicted octanol–water partition coefficient (Wildman–Crippen LogP) is 5.36. The van der Waals surface area contributed by atoms with E-state index in [0.29, 0.717) is 5.92 Å². The van der Waals surface area contributed by atoms with Crippen molar-refractivity contribution < 1.29 is 22.7 Å². The lowest BCUT2D eigenvalue weighted by molar-refractivity contribution is -0.126. The minimum atomic E-state index is -3.71. The standard InChI is InChI=1S/C32H35NO5S/c1-31(2)18-12-13-32(31)16-39(35,36)33(23(32)14-18)30(34)29-24(17-8-6-5-7-9-17)27-19-15-20(28(27)29)26-22(38-4)11-10-21(37-3)25(19)26/h5-11,18-20,23,27-28H,12-16H2,1-4H3/t18-,19+,20-,23-,27-,28-,32-/m1/s1. The van der Waals surface area contributed by atoms with Crippen molar-refractivity contribution >= 4 is 21.5 Å². The zero-order valence-corrected chi connectivity index (χ0v) is 23.8. The van der Waals surface area contributed by atoms with Gasteiger partial charge in [0.25, 0.3) is 5.91 Å². The van der Waals surface area contributed by atoms with E-state index in [2.05, 4.69) is 26.0 Å². The molecule has 0 radical (unpaired) electrons. The summed E-state index contributed by atoms with van der Waals surface area (Å²) in [5, 5.41) is 0. The molecule has 0 N–H and O–H groups in total. The van der Waals surface area contributed by atoms with Gasteiger partial charge in [0.2, 0.25) is 10.0 Å². The Balaban J connectivity index is 1.28. The summed E-state index contributed by atoms with van der Waals surface area (Å²) in [6.45, 7) is 4.46. The average Bonchev–Trinajstić information content (AvgIpc) is 3.61. The summed E-state index contributed by atoms with van der Waals surface area (Å²) in [6, 6.07) is 13.8. The van der Waals surface area contributed by atoms with Crippen molar-refractivity contribution in [1.82, 2.24) is 4.31 Å². The highest BCUT2D eigenvalue weighted by Crippen LogP contribution is 2.74. The van der Waals surface area contributed by atoms with Gasteiger partial charge in [0.15, 0.2) is 0 Å². The van der Waals surface area contributed by atoms with Gasteiger partial charge in [0, 0.05) is 28.0 Å². The first-order chi connectivity index (χ1) is 18.7. The van der Waals surface area contributed by atoms with Gasteiger partial charge < -0.3 is 9.47 Å². The van der Waals surface area contributed by atoms with Crippen LogP contribution in [-0.2, 0) is 14.8 Å². The van der Waals surface area contributed by atoms with Gasteiger partial charge in [-0.2, -0.15) is 0 Å². The quantitative estimate of drug-likeness (QED) is 0.518. The van der Waals surface area contributed by atoms with Crippen LogP contribution in [0.25, 0.3) is 5.57 Å². The normalized spacial score (nSPS) is 37.4. The molecular weight excluding hydrogens is 510 g/mol. The van der Waals surface area contributed by atoms with Crippen molar-refractivity contribution in [2.45, 2.75) is 57.4 Å². The van der Waals surface area contributed by atoms with E-state index >= 15 is 0 Å². The average molecular weight is 546 g/mol. The molecule has 1 spiro atoms. The molecular formula is C32H35NO5S. The highest BCUT2D eigenvalue weighted by molar-refractivity contribution is 7.90. The summed E-state index contributed by atoms with van der Waals surface area (Å²) >= 11 is 0. The summed E-state index contributed by atoms with van der Waals surface area (Å²) in [5.41, 5.74) is 4.71. The Hall–Kier alpha value is -2.80. The number of amides is 1. The van der Waals surface area contributed by atoms with E-state index in [4.69, 9.17) is 9.47 Å². The zero-order chi connectivity index (χ0) is 27.1. The highest BCUT2D eigenvalue weighted by atomic mass is 32.2.